The Bertz CT molecular complexity index is 544. The number of nitrogens with two attached hydrogens (primary N) is 1. The molecule has 106 valence electrons. The van der Waals surface area contributed by atoms with Crippen LogP contribution < -0.4 is 5.73 Å². The minimum atomic E-state index is -0.390. The largest absolute Gasteiger partial charge is 0.325 e. The molecular weight excluding hydrogens is 251 g/mol. The van der Waals surface area contributed by atoms with E-state index in [0.717, 1.165) is 17.7 Å². The molecule has 1 atom stereocenters. The topological polar surface area (TPSA) is 38.9 Å². The molecule has 1 aromatic carbocycles. The van der Waals surface area contributed by atoms with Gasteiger partial charge in [-0.05, 0) is 49.1 Å². The number of benzene rings is 1. The molecule has 0 spiro atoms. The Morgan fingerprint density at radius 2 is 1.70 bits per heavy atom. The summed E-state index contributed by atoms with van der Waals surface area (Å²) < 4.78 is 12.9. The number of aromatic nitrogens is 1. The van der Waals surface area contributed by atoms with Gasteiger partial charge in [-0.2, -0.15) is 0 Å². The molecule has 0 amide bonds. The fraction of sp³-hybridized carbons (Fsp3) is 0.353. The van der Waals surface area contributed by atoms with E-state index in [1.807, 2.05) is 19.2 Å². The Balaban J connectivity index is 2.03. The number of halogens is 1. The summed E-state index contributed by atoms with van der Waals surface area (Å²) in [5, 5.41) is 0. The van der Waals surface area contributed by atoms with Crippen molar-refractivity contribution in [2.75, 3.05) is 0 Å². The second-order valence-corrected chi connectivity index (χ2v) is 5.65. The van der Waals surface area contributed by atoms with Gasteiger partial charge in [-0.1, -0.05) is 25.1 Å². The molecule has 0 saturated carbocycles. The average molecular weight is 272 g/mol. The monoisotopic (exact) mass is 272 g/mol. The molecule has 1 heterocycles. The summed E-state index contributed by atoms with van der Waals surface area (Å²) in [6.07, 6.45) is 4.30. The number of hydrogen-bond donors (Lipinski definition) is 1. The van der Waals surface area contributed by atoms with Crippen molar-refractivity contribution in [3.05, 3.63) is 65.2 Å². The van der Waals surface area contributed by atoms with E-state index < -0.39 is 5.54 Å². The standard InChI is InChI=1S/C17H21FN2/c1-3-13-6-9-16(20-12-13)11-17(2,19)10-14-4-7-15(18)8-5-14/h4-9,12H,3,10-11,19H2,1-2H3. The summed E-state index contributed by atoms with van der Waals surface area (Å²) in [5.41, 5.74) is 9.23. The van der Waals surface area contributed by atoms with Crippen molar-refractivity contribution in [1.29, 1.82) is 0 Å². The summed E-state index contributed by atoms with van der Waals surface area (Å²) in [5.74, 6) is -0.218. The van der Waals surface area contributed by atoms with Crippen molar-refractivity contribution in [3.8, 4) is 0 Å². The minimum Gasteiger partial charge on any atom is -0.325 e. The fourth-order valence-corrected chi connectivity index (χ4v) is 2.31. The van der Waals surface area contributed by atoms with Crippen LogP contribution in [-0.2, 0) is 19.3 Å². The van der Waals surface area contributed by atoms with Crippen LogP contribution in [0.25, 0.3) is 0 Å². The molecule has 2 N–H and O–H groups in total. The van der Waals surface area contributed by atoms with Gasteiger partial charge < -0.3 is 5.73 Å². The second kappa shape index (κ2) is 6.14. The molecule has 2 aromatic rings. The summed E-state index contributed by atoms with van der Waals surface area (Å²) in [6, 6.07) is 10.6. The Morgan fingerprint density at radius 3 is 2.25 bits per heavy atom. The van der Waals surface area contributed by atoms with E-state index in [2.05, 4.69) is 18.0 Å². The van der Waals surface area contributed by atoms with E-state index >= 15 is 0 Å². The van der Waals surface area contributed by atoms with Gasteiger partial charge >= 0.3 is 0 Å². The van der Waals surface area contributed by atoms with Crippen LogP contribution in [0.5, 0.6) is 0 Å². The van der Waals surface area contributed by atoms with Crippen LogP contribution in [0.1, 0.15) is 30.7 Å². The first kappa shape index (κ1) is 14.7. The lowest BCUT2D eigenvalue weighted by Crippen LogP contribution is -2.41. The second-order valence-electron chi connectivity index (χ2n) is 5.65. The molecule has 20 heavy (non-hydrogen) atoms. The third kappa shape index (κ3) is 4.14. The molecule has 0 bridgehead atoms. The third-order valence-electron chi connectivity index (χ3n) is 3.40. The van der Waals surface area contributed by atoms with Gasteiger partial charge in [0.05, 0.1) is 0 Å². The Kier molecular flexibility index (Phi) is 4.50. The number of rotatable bonds is 5. The van der Waals surface area contributed by atoms with Gasteiger partial charge in [0.15, 0.2) is 0 Å². The van der Waals surface area contributed by atoms with Crippen molar-refractivity contribution in [1.82, 2.24) is 4.98 Å². The molecule has 0 saturated heterocycles. The molecule has 3 heteroatoms. The zero-order valence-corrected chi connectivity index (χ0v) is 12.1. The zero-order chi connectivity index (χ0) is 14.6. The normalized spacial score (nSPS) is 14.0. The summed E-state index contributed by atoms with van der Waals surface area (Å²) in [7, 11) is 0. The van der Waals surface area contributed by atoms with E-state index in [0.29, 0.717) is 12.8 Å². The molecule has 2 nitrogen and oxygen atoms in total. The quantitative estimate of drug-likeness (QED) is 0.907. The lowest BCUT2D eigenvalue weighted by atomic mass is 9.89. The summed E-state index contributed by atoms with van der Waals surface area (Å²) >= 11 is 0. The maximum absolute atomic E-state index is 12.9. The molecule has 1 unspecified atom stereocenters. The van der Waals surface area contributed by atoms with Gasteiger partial charge in [-0.3, -0.25) is 4.98 Å². The molecule has 0 aliphatic rings. The lowest BCUT2D eigenvalue weighted by Gasteiger charge is -2.24. The highest BCUT2D eigenvalue weighted by Crippen LogP contribution is 2.16. The zero-order valence-electron chi connectivity index (χ0n) is 12.1. The van der Waals surface area contributed by atoms with Gasteiger partial charge in [0.25, 0.3) is 0 Å². The van der Waals surface area contributed by atoms with Gasteiger partial charge in [-0.15, -0.1) is 0 Å². The van der Waals surface area contributed by atoms with E-state index in [9.17, 15) is 4.39 Å². The van der Waals surface area contributed by atoms with E-state index in [-0.39, 0.29) is 5.82 Å². The number of hydrogen-bond acceptors (Lipinski definition) is 2. The summed E-state index contributed by atoms with van der Waals surface area (Å²) in [4.78, 5) is 4.45. The minimum absolute atomic E-state index is 0.218. The van der Waals surface area contributed by atoms with Crippen LogP contribution >= 0.6 is 0 Å². The average Bonchev–Trinajstić information content (AvgIpc) is 2.41. The first-order valence-electron chi connectivity index (χ1n) is 6.96. The highest BCUT2D eigenvalue weighted by atomic mass is 19.1. The summed E-state index contributed by atoms with van der Waals surface area (Å²) in [6.45, 7) is 4.12. The molecule has 0 aliphatic heterocycles. The van der Waals surface area contributed by atoms with E-state index in [1.165, 1.54) is 17.7 Å². The predicted octanol–water partition coefficient (Wildman–Crippen LogP) is 3.29. The van der Waals surface area contributed by atoms with Gasteiger partial charge in [0, 0.05) is 23.9 Å². The molecule has 2 rings (SSSR count). The third-order valence-corrected chi connectivity index (χ3v) is 3.40. The number of nitrogens with zero attached hydrogens (tertiary/aromatic N) is 1. The lowest BCUT2D eigenvalue weighted by molar-refractivity contribution is 0.457. The van der Waals surface area contributed by atoms with Crippen LogP contribution in [0, 0.1) is 5.82 Å². The van der Waals surface area contributed by atoms with Gasteiger partial charge in [0.2, 0.25) is 0 Å². The van der Waals surface area contributed by atoms with Crippen molar-refractivity contribution < 1.29 is 4.39 Å². The first-order chi connectivity index (χ1) is 9.48. The van der Waals surface area contributed by atoms with Gasteiger partial charge in [0.1, 0.15) is 5.82 Å². The Hall–Kier alpha value is -1.74. The van der Waals surface area contributed by atoms with Crippen molar-refractivity contribution in [2.45, 2.75) is 38.6 Å². The SMILES string of the molecule is CCc1ccc(CC(C)(N)Cc2ccc(F)cc2)nc1. The van der Waals surface area contributed by atoms with Gasteiger partial charge in [-0.25, -0.2) is 4.39 Å². The first-order valence-corrected chi connectivity index (χ1v) is 6.96. The van der Waals surface area contributed by atoms with Crippen LogP contribution in [0.3, 0.4) is 0 Å². The number of aryl methyl sites for hydroxylation is 1. The highest BCUT2D eigenvalue weighted by molar-refractivity contribution is 5.21. The van der Waals surface area contributed by atoms with Crippen molar-refractivity contribution in [2.24, 2.45) is 5.73 Å². The smallest absolute Gasteiger partial charge is 0.123 e. The van der Waals surface area contributed by atoms with E-state index in [4.69, 9.17) is 5.73 Å². The molecule has 0 radical (unpaired) electrons. The maximum Gasteiger partial charge on any atom is 0.123 e. The molecule has 0 fully saturated rings. The van der Waals surface area contributed by atoms with E-state index in [1.54, 1.807) is 12.1 Å². The van der Waals surface area contributed by atoms with Crippen LogP contribution in [-0.4, -0.2) is 10.5 Å². The van der Waals surface area contributed by atoms with Crippen molar-refractivity contribution in [3.63, 3.8) is 0 Å². The number of pyridine rings is 1. The predicted molar refractivity (Wildman–Crippen MR) is 80.0 cm³/mol. The Morgan fingerprint density at radius 1 is 1.05 bits per heavy atom. The maximum atomic E-state index is 12.9. The van der Waals surface area contributed by atoms with Crippen LogP contribution in [0.2, 0.25) is 0 Å². The highest BCUT2D eigenvalue weighted by Gasteiger charge is 2.20. The Labute approximate surface area is 119 Å². The van der Waals surface area contributed by atoms with Crippen LogP contribution in [0.15, 0.2) is 42.6 Å². The molecule has 1 aromatic heterocycles. The molecule has 0 aliphatic carbocycles. The molecular formula is C17H21FN2. The fourth-order valence-electron chi connectivity index (χ4n) is 2.31. The van der Waals surface area contributed by atoms with Crippen molar-refractivity contribution >= 4 is 0 Å². The van der Waals surface area contributed by atoms with Crippen LogP contribution in [0.4, 0.5) is 4.39 Å².